The number of hydrogen-bond donors (Lipinski definition) is 0. The van der Waals surface area contributed by atoms with E-state index in [-0.39, 0.29) is 0 Å². The molecule has 1 nitrogen and oxygen atoms in total. The maximum absolute atomic E-state index is 2.50. The van der Waals surface area contributed by atoms with Gasteiger partial charge in [-0.1, -0.05) is 22.6 Å². The Hall–Kier alpha value is 0.690. The molecule has 0 aromatic carbocycles. The van der Waals surface area contributed by atoms with Crippen LogP contribution in [0.3, 0.4) is 0 Å². The summed E-state index contributed by atoms with van der Waals surface area (Å²) in [4.78, 5) is 2.43. The molecule has 0 amide bonds. The number of halogens is 1. The van der Waals surface area contributed by atoms with Crippen molar-refractivity contribution in [1.82, 2.24) is 4.90 Å². The summed E-state index contributed by atoms with van der Waals surface area (Å²) in [5.41, 5.74) is 0. The van der Waals surface area contributed by atoms with Crippen LogP contribution in [0.4, 0.5) is 0 Å². The molecule has 8 heavy (non-hydrogen) atoms. The van der Waals surface area contributed by atoms with Gasteiger partial charge < -0.3 is 0 Å². The minimum absolute atomic E-state index is 0.794. The average Bonchev–Trinajstić information content (AvgIpc) is 1.98. The van der Waals surface area contributed by atoms with E-state index in [9.17, 15) is 0 Å². The summed E-state index contributed by atoms with van der Waals surface area (Å²) in [6.45, 7) is 2.29. The Bertz CT molecular complexity index is 74.6. The molecule has 1 rings (SSSR count). The minimum atomic E-state index is 0.794. The molecule has 0 saturated carbocycles. The molecule has 1 unspecified atom stereocenters. The summed E-state index contributed by atoms with van der Waals surface area (Å²) < 4.78 is 0.794. The molecule has 48 valence electrons. The van der Waals surface area contributed by atoms with E-state index in [1.807, 2.05) is 0 Å². The van der Waals surface area contributed by atoms with Crippen molar-refractivity contribution in [3.05, 3.63) is 0 Å². The normalized spacial score (nSPS) is 40.9. The standard InChI is InChI=1S/C6H12IN/c1-5-3-4-6(7)8(5)2/h5-6H,3-4H2,1-2H3/t5?,6-/m0/s1. The zero-order chi connectivity index (χ0) is 6.15. The van der Waals surface area contributed by atoms with Crippen molar-refractivity contribution >= 4 is 22.6 Å². The second kappa shape index (κ2) is 2.52. The molecule has 0 aliphatic carbocycles. The van der Waals surface area contributed by atoms with Crippen LogP contribution in [0.5, 0.6) is 0 Å². The van der Waals surface area contributed by atoms with Crippen LogP contribution in [-0.2, 0) is 0 Å². The van der Waals surface area contributed by atoms with Gasteiger partial charge in [0.2, 0.25) is 0 Å². The second-order valence-electron chi connectivity index (χ2n) is 2.53. The van der Waals surface area contributed by atoms with E-state index < -0.39 is 0 Å². The van der Waals surface area contributed by atoms with Crippen molar-refractivity contribution in [2.24, 2.45) is 0 Å². The topological polar surface area (TPSA) is 3.24 Å². The predicted molar refractivity (Wildman–Crippen MR) is 44.3 cm³/mol. The fourth-order valence-electron chi connectivity index (χ4n) is 1.06. The Kier molecular flexibility index (Phi) is 2.14. The Morgan fingerprint density at radius 2 is 2.12 bits per heavy atom. The summed E-state index contributed by atoms with van der Waals surface area (Å²) in [6.07, 6.45) is 2.75. The third-order valence-corrected chi connectivity index (χ3v) is 3.46. The third kappa shape index (κ3) is 1.16. The minimum Gasteiger partial charge on any atom is -0.292 e. The van der Waals surface area contributed by atoms with Gasteiger partial charge in [-0.2, -0.15) is 0 Å². The summed E-state index contributed by atoms with van der Waals surface area (Å²) in [5, 5.41) is 0. The van der Waals surface area contributed by atoms with Crippen LogP contribution in [-0.4, -0.2) is 22.0 Å². The monoisotopic (exact) mass is 225 g/mol. The Balaban J connectivity index is 2.44. The summed E-state index contributed by atoms with van der Waals surface area (Å²) >= 11 is 2.50. The van der Waals surface area contributed by atoms with Crippen LogP contribution >= 0.6 is 22.6 Å². The van der Waals surface area contributed by atoms with Gasteiger partial charge >= 0.3 is 0 Å². The molecule has 0 N–H and O–H groups in total. The number of rotatable bonds is 0. The van der Waals surface area contributed by atoms with Gasteiger partial charge in [-0.05, 0) is 26.8 Å². The predicted octanol–water partition coefficient (Wildman–Crippen LogP) is 1.86. The van der Waals surface area contributed by atoms with Gasteiger partial charge in [0.1, 0.15) is 0 Å². The number of hydrogen-bond acceptors (Lipinski definition) is 1. The van der Waals surface area contributed by atoms with E-state index in [0.717, 1.165) is 10.1 Å². The quantitative estimate of drug-likeness (QED) is 0.345. The van der Waals surface area contributed by atoms with Crippen LogP contribution in [0.2, 0.25) is 0 Å². The number of nitrogens with zero attached hydrogens (tertiary/aromatic N) is 1. The van der Waals surface area contributed by atoms with Crippen molar-refractivity contribution < 1.29 is 0 Å². The highest BCUT2D eigenvalue weighted by molar-refractivity contribution is 14.1. The maximum Gasteiger partial charge on any atom is 0.0618 e. The second-order valence-corrected chi connectivity index (χ2v) is 3.96. The number of alkyl halides is 1. The Morgan fingerprint density at radius 1 is 1.50 bits per heavy atom. The molecule has 0 aromatic rings. The first-order valence-electron chi connectivity index (χ1n) is 3.08. The molecule has 2 atom stereocenters. The maximum atomic E-state index is 2.50. The molecule has 0 spiro atoms. The van der Waals surface area contributed by atoms with Gasteiger partial charge in [0, 0.05) is 6.04 Å². The smallest absolute Gasteiger partial charge is 0.0618 e. The van der Waals surface area contributed by atoms with Gasteiger partial charge in [-0.25, -0.2) is 0 Å². The lowest BCUT2D eigenvalue weighted by Crippen LogP contribution is -2.25. The van der Waals surface area contributed by atoms with Gasteiger partial charge in [0.25, 0.3) is 0 Å². The lowest BCUT2D eigenvalue weighted by molar-refractivity contribution is 0.320. The highest BCUT2D eigenvalue weighted by atomic mass is 127. The molecule has 0 bridgehead atoms. The van der Waals surface area contributed by atoms with Crippen LogP contribution in [0.1, 0.15) is 19.8 Å². The Labute approximate surface area is 64.6 Å². The number of likely N-dealkylation sites (tertiary alicyclic amines) is 1. The van der Waals surface area contributed by atoms with Crippen LogP contribution in [0.15, 0.2) is 0 Å². The van der Waals surface area contributed by atoms with Crippen molar-refractivity contribution in [2.75, 3.05) is 7.05 Å². The summed E-state index contributed by atoms with van der Waals surface area (Å²) in [6, 6.07) is 0.817. The van der Waals surface area contributed by atoms with Gasteiger partial charge in [0.05, 0.1) is 4.05 Å². The third-order valence-electron chi connectivity index (χ3n) is 1.96. The first kappa shape index (κ1) is 6.81. The molecule has 1 heterocycles. The molecule has 1 aliphatic rings. The zero-order valence-corrected chi connectivity index (χ0v) is 7.55. The van der Waals surface area contributed by atoms with Gasteiger partial charge in [0.15, 0.2) is 0 Å². The van der Waals surface area contributed by atoms with Gasteiger partial charge in [-0.15, -0.1) is 0 Å². The lowest BCUT2D eigenvalue weighted by Gasteiger charge is -2.17. The van der Waals surface area contributed by atoms with Crippen LogP contribution < -0.4 is 0 Å². The van der Waals surface area contributed by atoms with Crippen molar-refractivity contribution in [3.63, 3.8) is 0 Å². The Morgan fingerprint density at radius 3 is 2.25 bits per heavy atom. The van der Waals surface area contributed by atoms with E-state index in [4.69, 9.17) is 0 Å². The first-order chi connectivity index (χ1) is 3.72. The zero-order valence-electron chi connectivity index (χ0n) is 5.39. The largest absolute Gasteiger partial charge is 0.292 e. The summed E-state index contributed by atoms with van der Waals surface area (Å²) in [7, 11) is 2.20. The van der Waals surface area contributed by atoms with Crippen LogP contribution in [0, 0.1) is 0 Å². The molecule has 0 radical (unpaired) electrons. The lowest BCUT2D eigenvalue weighted by atomic mass is 10.2. The molecular weight excluding hydrogens is 213 g/mol. The SMILES string of the molecule is CC1CC[C@@H](I)N1C. The molecule has 1 fully saturated rings. The molecular formula is C6H12IN. The fourth-order valence-corrected chi connectivity index (χ4v) is 1.97. The molecule has 2 heteroatoms. The molecule has 1 aliphatic heterocycles. The van der Waals surface area contributed by atoms with E-state index >= 15 is 0 Å². The van der Waals surface area contributed by atoms with Crippen LogP contribution in [0.25, 0.3) is 0 Å². The summed E-state index contributed by atoms with van der Waals surface area (Å²) in [5.74, 6) is 0. The fraction of sp³-hybridized carbons (Fsp3) is 1.00. The van der Waals surface area contributed by atoms with E-state index in [0.29, 0.717) is 0 Å². The van der Waals surface area contributed by atoms with Crippen molar-refractivity contribution in [3.8, 4) is 0 Å². The van der Waals surface area contributed by atoms with E-state index in [1.54, 1.807) is 0 Å². The highest BCUT2D eigenvalue weighted by Crippen LogP contribution is 2.25. The van der Waals surface area contributed by atoms with E-state index in [2.05, 4.69) is 41.5 Å². The van der Waals surface area contributed by atoms with Crippen molar-refractivity contribution in [1.29, 1.82) is 0 Å². The van der Waals surface area contributed by atoms with Crippen molar-refractivity contribution in [2.45, 2.75) is 29.9 Å². The van der Waals surface area contributed by atoms with E-state index in [1.165, 1.54) is 12.8 Å². The molecule has 1 saturated heterocycles. The molecule has 0 aromatic heterocycles. The van der Waals surface area contributed by atoms with Gasteiger partial charge in [-0.3, -0.25) is 4.90 Å². The first-order valence-corrected chi connectivity index (χ1v) is 4.32. The average molecular weight is 225 g/mol. The highest BCUT2D eigenvalue weighted by Gasteiger charge is 2.23.